The zero-order chi connectivity index (χ0) is 35.1. The van der Waals surface area contributed by atoms with Gasteiger partial charge in [0.1, 0.15) is 6.04 Å². The molecule has 0 radical (unpaired) electrons. The van der Waals surface area contributed by atoms with Gasteiger partial charge in [0, 0.05) is 36.3 Å². The summed E-state index contributed by atoms with van der Waals surface area (Å²) in [5, 5.41) is 26.8. The van der Waals surface area contributed by atoms with Crippen LogP contribution in [0.5, 0.6) is 0 Å². The van der Waals surface area contributed by atoms with Crippen LogP contribution in [0.3, 0.4) is 0 Å². The molecule has 0 bridgehead atoms. The Kier molecular flexibility index (Phi) is 11.4. The van der Waals surface area contributed by atoms with E-state index in [0.717, 1.165) is 5.56 Å². The summed E-state index contributed by atoms with van der Waals surface area (Å²) in [6.45, 7) is 4.94. The number of carboxylic acid groups (broad SMARTS) is 2. The van der Waals surface area contributed by atoms with Crippen molar-refractivity contribution >= 4 is 50.6 Å². The number of hydrogen-bond acceptors (Lipinski definition) is 8. The van der Waals surface area contributed by atoms with E-state index < -0.39 is 46.6 Å². The Morgan fingerprint density at radius 3 is 2.23 bits per heavy atom. The van der Waals surface area contributed by atoms with Crippen LogP contribution in [0.15, 0.2) is 53.8 Å². The van der Waals surface area contributed by atoms with Crippen LogP contribution in [-0.4, -0.2) is 80.9 Å². The quantitative estimate of drug-likeness (QED) is 0.136. The predicted molar refractivity (Wildman–Crippen MR) is 160 cm³/mol. The summed E-state index contributed by atoms with van der Waals surface area (Å²) in [5.41, 5.74) is 2.80. The third kappa shape index (κ3) is 9.84. The first kappa shape index (κ1) is 36.2. The molecule has 1 atom stereocenters. The maximum absolute atomic E-state index is 13.0. The summed E-state index contributed by atoms with van der Waals surface area (Å²) in [4.78, 5) is 52.4. The number of fused-ring (bicyclic) bond motifs is 1. The molecule has 4 rings (SSSR count). The highest BCUT2D eigenvalue weighted by molar-refractivity contribution is 7.89. The van der Waals surface area contributed by atoms with Crippen molar-refractivity contribution < 1.29 is 51.0 Å². The van der Waals surface area contributed by atoms with Gasteiger partial charge >= 0.3 is 18.1 Å². The van der Waals surface area contributed by atoms with Crippen molar-refractivity contribution in [2.45, 2.75) is 50.9 Å². The number of sulfonamides is 1. The summed E-state index contributed by atoms with van der Waals surface area (Å²) < 4.78 is 61.6. The molecule has 0 saturated carbocycles. The number of anilines is 1. The standard InChI is InChI=1S/C26H29N7O6S.C2HF3O2/c1-15-10-16(2)23(17(3)11-15)40(38,39)32-20(25(36)37)14-29-24(35)18-4-5-21-19(12-18)13-30-33(21)9-6-22(34)31-26-27-7-8-28-26;3-2(4,5)1(6)7/h4-5,7-8,10-13,20,32H,6,9,14H2,1-3H3,(H,29,35)(H,36,37)(H2,27,28,31,34);(H,6,7)/t20-;/m0./s1. The lowest BCUT2D eigenvalue weighted by molar-refractivity contribution is -0.192. The van der Waals surface area contributed by atoms with Crippen LogP contribution in [0.1, 0.15) is 33.5 Å². The first-order chi connectivity index (χ1) is 21.9. The molecular formula is C28H30F3N7O8S. The number of H-pyrrole nitrogens is 1. The van der Waals surface area contributed by atoms with Gasteiger partial charge in [-0.15, -0.1) is 0 Å². The minimum Gasteiger partial charge on any atom is -0.480 e. The maximum Gasteiger partial charge on any atom is 0.490 e. The number of benzene rings is 2. The van der Waals surface area contributed by atoms with Gasteiger partial charge in [-0.1, -0.05) is 17.7 Å². The number of nitrogens with one attached hydrogen (secondary N) is 4. The molecule has 2 amide bonds. The normalized spacial score (nSPS) is 12.1. The van der Waals surface area contributed by atoms with Crippen LogP contribution < -0.4 is 15.4 Å². The van der Waals surface area contributed by atoms with Crippen molar-refractivity contribution in [3.05, 3.63) is 71.2 Å². The number of alkyl halides is 3. The fourth-order valence-corrected chi connectivity index (χ4v) is 6.10. The Hall–Kier alpha value is -5.30. The first-order valence-electron chi connectivity index (χ1n) is 13.5. The van der Waals surface area contributed by atoms with E-state index in [1.54, 1.807) is 55.2 Å². The van der Waals surface area contributed by atoms with Crippen molar-refractivity contribution in [2.75, 3.05) is 11.9 Å². The SMILES string of the molecule is Cc1cc(C)c(S(=O)(=O)N[C@@H](CNC(=O)c2ccc3c(cnn3CCC(=O)Nc3ncc[nH]3)c2)C(=O)O)c(C)c1.O=C(O)C(F)(F)F. The molecule has 47 heavy (non-hydrogen) atoms. The van der Waals surface area contributed by atoms with Crippen molar-refractivity contribution in [3.63, 3.8) is 0 Å². The van der Waals surface area contributed by atoms with Gasteiger partial charge in [0.2, 0.25) is 21.9 Å². The second-order valence-corrected chi connectivity index (χ2v) is 11.8. The number of aryl methyl sites for hydroxylation is 4. The summed E-state index contributed by atoms with van der Waals surface area (Å²) in [6.07, 6.45) is -0.264. The molecule has 0 saturated heterocycles. The smallest absolute Gasteiger partial charge is 0.480 e. The number of aromatic amines is 1. The lowest BCUT2D eigenvalue weighted by Gasteiger charge is -2.18. The lowest BCUT2D eigenvalue weighted by atomic mass is 10.1. The number of halogens is 3. The Balaban J connectivity index is 0.000000771. The third-order valence-electron chi connectivity index (χ3n) is 6.39. The average molecular weight is 682 g/mol. The number of rotatable bonds is 11. The van der Waals surface area contributed by atoms with Gasteiger partial charge in [0.05, 0.1) is 23.2 Å². The van der Waals surface area contributed by atoms with Crippen molar-refractivity contribution in [2.24, 2.45) is 0 Å². The van der Waals surface area contributed by atoms with Crippen LogP contribution in [0.4, 0.5) is 19.1 Å². The summed E-state index contributed by atoms with van der Waals surface area (Å²) >= 11 is 0. The molecule has 2 aromatic carbocycles. The van der Waals surface area contributed by atoms with Gasteiger partial charge < -0.3 is 20.5 Å². The molecule has 6 N–H and O–H groups in total. The molecule has 0 aliphatic rings. The molecule has 0 unspecified atom stereocenters. The fraction of sp³-hybridized carbons (Fsp3) is 0.286. The molecule has 0 spiro atoms. The number of aliphatic carboxylic acids is 2. The Bertz CT molecular complexity index is 1870. The largest absolute Gasteiger partial charge is 0.490 e. The molecule has 0 aliphatic heterocycles. The summed E-state index contributed by atoms with van der Waals surface area (Å²) in [7, 11) is -4.17. The molecular weight excluding hydrogens is 651 g/mol. The van der Waals surface area contributed by atoms with Crippen LogP contribution in [0, 0.1) is 20.8 Å². The van der Waals surface area contributed by atoms with E-state index in [-0.39, 0.29) is 22.8 Å². The van der Waals surface area contributed by atoms with E-state index in [1.165, 1.54) is 12.3 Å². The Morgan fingerprint density at radius 1 is 1.04 bits per heavy atom. The van der Waals surface area contributed by atoms with Crippen LogP contribution >= 0.6 is 0 Å². The van der Waals surface area contributed by atoms with Crippen molar-refractivity contribution in [1.82, 2.24) is 29.8 Å². The van der Waals surface area contributed by atoms with Gasteiger partial charge in [0.25, 0.3) is 5.91 Å². The minimum atomic E-state index is -5.08. The highest BCUT2D eigenvalue weighted by Gasteiger charge is 2.38. The Labute approximate surface area is 265 Å². The molecule has 252 valence electrons. The highest BCUT2D eigenvalue weighted by atomic mass is 32.2. The van der Waals surface area contributed by atoms with E-state index in [9.17, 15) is 41.1 Å². The third-order valence-corrected chi connectivity index (χ3v) is 8.17. The maximum atomic E-state index is 13.0. The number of carbonyl (C=O) groups is 4. The van der Waals surface area contributed by atoms with Gasteiger partial charge in [-0.25, -0.2) is 18.2 Å². The Morgan fingerprint density at radius 2 is 1.68 bits per heavy atom. The van der Waals surface area contributed by atoms with Gasteiger partial charge in [-0.2, -0.15) is 23.0 Å². The fourth-order valence-electron chi connectivity index (χ4n) is 4.46. The molecule has 0 aliphatic carbocycles. The molecule has 2 heterocycles. The lowest BCUT2D eigenvalue weighted by Crippen LogP contribution is -2.48. The number of hydrogen-bond donors (Lipinski definition) is 6. The van der Waals surface area contributed by atoms with Gasteiger partial charge in [-0.05, 0) is 50.1 Å². The van der Waals surface area contributed by atoms with Crippen LogP contribution in [0.2, 0.25) is 0 Å². The zero-order valence-corrected chi connectivity index (χ0v) is 25.9. The molecule has 19 heteroatoms. The predicted octanol–water partition coefficient (Wildman–Crippen LogP) is 2.51. The van der Waals surface area contributed by atoms with Gasteiger partial charge in [0.15, 0.2) is 0 Å². The summed E-state index contributed by atoms with van der Waals surface area (Å²) in [6, 6.07) is 6.60. The number of carboxylic acids is 2. The molecule has 15 nitrogen and oxygen atoms in total. The average Bonchev–Trinajstić information content (AvgIpc) is 3.62. The van der Waals surface area contributed by atoms with E-state index in [4.69, 9.17) is 9.90 Å². The van der Waals surface area contributed by atoms with Crippen molar-refractivity contribution in [1.29, 1.82) is 0 Å². The summed E-state index contributed by atoms with van der Waals surface area (Å²) in [5.74, 6) is -4.66. The molecule has 4 aromatic rings. The number of amides is 2. The van der Waals surface area contributed by atoms with E-state index >= 15 is 0 Å². The first-order valence-corrected chi connectivity index (χ1v) is 15.0. The van der Waals surface area contributed by atoms with Gasteiger partial charge in [-0.3, -0.25) is 24.4 Å². The van der Waals surface area contributed by atoms with E-state index in [0.29, 0.717) is 34.5 Å². The van der Waals surface area contributed by atoms with Crippen LogP contribution in [0.25, 0.3) is 10.9 Å². The molecule has 0 fully saturated rings. The highest BCUT2D eigenvalue weighted by Crippen LogP contribution is 2.22. The van der Waals surface area contributed by atoms with E-state index in [1.807, 2.05) is 6.92 Å². The van der Waals surface area contributed by atoms with Crippen LogP contribution in [-0.2, 0) is 31.0 Å². The second kappa shape index (κ2) is 14.9. The number of aromatic nitrogens is 4. The zero-order valence-electron chi connectivity index (χ0n) is 25.0. The van der Waals surface area contributed by atoms with E-state index in [2.05, 4.69) is 30.4 Å². The minimum absolute atomic E-state index is 0.0107. The number of carbonyl (C=O) groups excluding carboxylic acids is 2. The van der Waals surface area contributed by atoms with Crippen molar-refractivity contribution in [3.8, 4) is 0 Å². The monoisotopic (exact) mass is 681 g/mol. The molecule has 2 aromatic heterocycles. The number of nitrogens with zero attached hydrogens (tertiary/aromatic N) is 3. The number of imidazole rings is 1. The second-order valence-electron chi connectivity index (χ2n) is 10.1. The topological polar surface area (TPSA) is 225 Å².